The van der Waals surface area contributed by atoms with Crippen molar-refractivity contribution in [1.82, 2.24) is 5.32 Å². The van der Waals surface area contributed by atoms with Crippen LogP contribution in [0.1, 0.15) is 13.3 Å². The third-order valence-corrected chi connectivity index (χ3v) is 6.53. The molecule has 1 heterocycles. The molecule has 188 valence electrons. The lowest BCUT2D eigenvalue weighted by atomic mass is 10.2. The highest BCUT2D eigenvalue weighted by Crippen LogP contribution is 2.32. The van der Waals surface area contributed by atoms with E-state index < -0.39 is 21.6 Å². The fraction of sp³-hybridized carbons (Fsp3) is 0.261. The second-order valence-electron chi connectivity index (χ2n) is 7.29. The molecule has 1 aliphatic heterocycles. The molecule has 12 heteroatoms. The summed E-state index contributed by atoms with van der Waals surface area (Å²) in [5, 5.41) is 13.8. The molecule has 0 bridgehead atoms. The number of carbonyl (C=O) groups excluding carboxylic acids is 2. The van der Waals surface area contributed by atoms with Crippen LogP contribution in [0.15, 0.2) is 64.6 Å². The quantitative estimate of drug-likeness (QED) is 0.292. The number of carboxylic acids is 1. The molecule has 2 aromatic rings. The van der Waals surface area contributed by atoms with Crippen molar-refractivity contribution in [2.45, 2.75) is 23.1 Å². The number of aliphatic carboxylic acids is 1. The van der Waals surface area contributed by atoms with Gasteiger partial charge in [0.25, 0.3) is 6.47 Å². The Morgan fingerprint density at radius 2 is 1.94 bits per heavy atom. The molecule has 1 amide bonds. The minimum Gasteiger partial charge on any atom is -0.478 e. The molecule has 0 saturated carbocycles. The summed E-state index contributed by atoms with van der Waals surface area (Å²) >= 11 is 0. The molecule has 0 spiro atoms. The first kappa shape index (κ1) is 27.5. The molecule has 0 atom stereocenters. The molecule has 1 aliphatic rings. The zero-order valence-electron chi connectivity index (χ0n) is 18.9. The number of ether oxygens (including phenoxy) is 1. The molecule has 3 rings (SSSR count). The molecule has 10 nitrogen and oxygen atoms in total. The average Bonchev–Trinajstić information content (AvgIpc) is 3.09. The number of anilines is 2. The fourth-order valence-electron chi connectivity index (χ4n) is 3.23. The van der Waals surface area contributed by atoms with Crippen LogP contribution in [0.25, 0.3) is 0 Å². The maximum Gasteiger partial charge on any atom is 0.331 e. The van der Waals surface area contributed by atoms with Gasteiger partial charge in [0.2, 0.25) is 15.7 Å². The Hall–Kier alpha value is -3.77. The highest BCUT2D eigenvalue weighted by molar-refractivity contribution is 7.91. The summed E-state index contributed by atoms with van der Waals surface area (Å²) in [5.41, 5.74) is 1.03. The van der Waals surface area contributed by atoms with Crippen molar-refractivity contribution in [2.24, 2.45) is 0 Å². The Balaban J connectivity index is 0.000000466. The predicted octanol–water partition coefficient (Wildman–Crippen LogP) is 2.17. The monoisotopic (exact) mass is 507 g/mol. The highest BCUT2D eigenvalue weighted by atomic mass is 32.2. The minimum absolute atomic E-state index is 0.0556. The van der Waals surface area contributed by atoms with Gasteiger partial charge in [-0.05, 0) is 49.4 Å². The van der Waals surface area contributed by atoms with Crippen LogP contribution < -0.4 is 15.5 Å². The smallest absolute Gasteiger partial charge is 0.331 e. The molecular weight excluding hydrogens is 481 g/mol. The summed E-state index contributed by atoms with van der Waals surface area (Å²) in [6, 6.07) is 9.70. The predicted molar refractivity (Wildman–Crippen MR) is 126 cm³/mol. The van der Waals surface area contributed by atoms with Crippen LogP contribution in [-0.2, 0) is 29.0 Å². The largest absolute Gasteiger partial charge is 0.478 e. The summed E-state index contributed by atoms with van der Waals surface area (Å²) in [6.45, 7) is 4.85. The van der Waals surface area contributed by atoms with Gasteiger partial charge in [-0.2, -0.15) is 0 Å². The Morgan fingerprint density at radius 3 is 2.60 bits per heavy atom. The van der Waals surface area contributed by atoms with Gasteiger partial charge < -0.3 is 25.4 Å². The number of carbonyl (C=O) groups is 3. The number of sulfone groups is 1. The fourth-order valence-corrected chi connectivity index (χ4v) is 4.66. The van der Waals surface area contributed by atoms with Gasteiger partial charge in [0.05, 0.1) is 21.6 Å². The molecule has 1 fully saturated rings. The number of halogens is 1. The Labute approximate surface area is 202 Å². The van der Waals surface area contributed by atoms with E-state index in [0.29, 0.717) is 6.08 Å². The van der Waals surface area contributed by atoms with E-state index in [1.54, 1.807) is 12.1 Å². The number of hydrogen-bond donors (Lipinski definition) is 3. The van der Waals surface area contributed by atoms with Crippen molar-refractivity contribution < 1.29 is 37.0 Å². The van der Waals surface area contributed by atoms with Crippen molar-refractivity contribution in [3.63, 3.8) is 0 Å². The van der Waals surface area contributed by atoms with E-state index in [2.05, 4.69) is 20.3 Å². The molecule has 1 saturated heterocycles. The summed E-state index contributed by atoms with van der Waals surface area (Å²) in [7, 11) is -3.98. The van der Waals surface area contributed by atoms with Crippen LogP contribution in [0.4, 0.5) is 15.8 Å². The highest BCUT2D eigenvalue weighted by Gasteiger charge is 2.24. The van der Waals surface area contributed by atoms with E-state index in [1.165, 1.54) is 31.2 Å². The second kappa shape index (κ2) is 13.2. The van der Waals surface area contributed by atoms with Gasteiger partial charge in [0, 0.05) is 32.2 Å². The van der Waals surface area contributed by atoms with E-state index in [-0.39, 0.29) is 27.9 Å². The van der Waals surface area contributed by atoms with Crippen LogP contribution in [0.2, 0.25) is 0 Å². The van der Waals surface area contributed by atoms with Gasteiger partial charge in [-0.15, -0.1) is 0 Å². The number of rotatable bonds is 7. The molecule has 0 radical (unpaired) electrons. The zero-order chi connectivity index (χ0) is 25.8. The number of nitrogens with zero attached hydrogens (tertiary/aromatic N) is 1. The van der Waals surface area contributed by atoms with Crippen molar-refractivity contribution in [3.8, 4) is 0 Å². The van der Waals surface area contributed by atoms with Gasteiger partial charge in [-0.1, -0.05) is 6.07 Å². The van der Waals surface area contributed by atoms with E-state index in [9.17, 15) is 27.2 Å². The van der Waals surface area contributed by atoms with Gasteiger partial charge in [-0.25, -0.2) is 17.6 Å². The topological polar surface area (TPSA) is 142 Å². The SMILES string of the molecule is CC(=O)Nc1cc(N2CCCNCC2)ccc1S(=O)(=O)c1cccc(F)c1.O=CO/C=C/C(=O)O. The summed E-state index contributed by atoms with van der Waals surface area (Å²) < 4.78 is 43.4. The second-order valence-corrected chi connectivity index (χ2v) is 9.20. The molecule has 0 aliphatic carbocycles. The standard InChI is InChI=1S/C19H22FN3O3S.C4H4O4/c1-14(24)22-18-13-16(23-10-3-8-21-9-11-23)6-7-19(18)27(25,26)17-5-2-4-15(20)12-17;5-3-8-2-1-4(6)7/h2,4-7,12-13,21H,3,8-11H2,1H3,(H,22,24);1-3H,(H,6,7)/b;2-1+. The molecular formula is C23H26FN3O7S. The number of benzene rings is 2. The van der Waals surface area contributed by atoms with Gasteiger partial charge in [0.15, 0.2) is 0 Å². The lowest BCUT2D eigenvalue weighted by molar-refractivity contribution is -0.131. The maximum absolute atomic E-state index is 13.5. The summed E-state index contributed by atoms with van der Waals surface area (Å²) in [5.74, 6) is -2.15. The molecule has 35 heavy (non-hydrogen) atoms. The number of carboxylic acid groups (broad SMARTS) is 1. The minimum atomic E-state index is -3.98. The average molecular weight is 508 g/mol. The first-order valence-electron chi connectivity index (χ1n) is 10.5. The van der Waals surface area contributed by atoms with Gasteiger partial charge in [0.1, 0.15) is 12.1 Å². The van der Waals surface area contributed by atoms with Crippen molar-refractivity contribution in [2.75, 3.05) is 36.4 Å². The molecule has 3 N–H and O–H groups in total. The third kappa shape index (κ3) is 8.50. The van der Waals surface area contributed by atoms with E-state index in [4.69, 9.17) is 5.11 Å². The molecule has 0 unspecified atom stereocenters. The number of hydrogen-bond acceptors (Lipinski definition) is 8. The van der Waals surface area contributed by atoms with Gasteiger partial charge in [-0.3, -0.25) is 9.59 Å². The normalized spacial score (nSPS) is 13.8. The Morgan fingerprint density at radius 1 is 1.17 bits per heavy atom. The van der Waals surface area contributed by atoms with E-state index in [0.717, 1.165) is 50.6 Å². The number of amides is 1. The van der Waals surface area contributed by atoms with Crippen LogP contribution in [0.3, 0.4) is 0 Å². The van der Waals surface area contributed by atoms with Crippen LogP contribution >= 0.6 is 0 Å². The molecule has 0 aromatic heterocycles. The van der Waals surface area contributed by atoms with Crippen LogP contribution in [-0.4, -0.2) is 58.1 Å². The lowest BCUT2D eigenvalue weighted by Gasteiger charge is -2.24. The first-order chi connectivity index (χ1) is 16.6. The Bertz CT molecular complexity index is 1180. The Kier molecular flexibility index (Phi) is 10.4. The maximum atomic E-state index is 13.5. The summed E-state index contributed by atoms with van der Waals surface area (Å²) in [4.78, 5) is 32.5. The van der Waals surface area contributed by atoms with Crippen molar-refractivity contribution >= 4 is 39.6 Å². The first-order valence-corrected chi connectivity index (χ1v) is 12.0. The number of nitrogens with one attached hydrogen (secondary N) is 2. The van der Waals surface area contributed by atoms with E-state index in [1.807, 2.05) is 0 Å². The zero-order valence-corrected chi connectivity index (χ0v) is 19.8. The lowest BCUT2D eigenvalue weighted by Crippen LogP contribution is -2.28. The summed E-state index contributed by atoms with van der Waals surface area (Å²) in [6.07, 6.45) is 2.47. The third-order valence-electron chi connectivity index (χ3n) is 4.72. The van der Waals surface area contributed by atoms with Crippen molar-refractivity contribution in [1.29, 1.82) is 0 Å². The molecule has 2 aromatic carbocycles. The van der Waals surface area contributed by atoms with Crippen LogP contribution in [0, 0.1) is 5.82 Å². The van der Waals surface area contributed by atoms with Gasteiger partial charge >= 0.3 is 5.97 Å². The van der Waals surface area contributed by atoms with Crippen LogP contribution in [0.5, 0.6) is 0 Å². The van der Waals surface area contributed by atoms with Crippen molar-refractivity contribution in [3.05, 3.63) is 60.6 Å². The van der Waals surface area contributed by atoms with E-state index >= 15 is 0 Å².